The molecule has 0 aliphatic heterocycles. The predicted octanol–water partition coefficient (Wildman–Crippen LogP) is 3.28. The van der Waals surface area contributed by atoms with Gasteiger partial charge in [-0.25, -0.2) is 4.79 Å². The number of carbonyl (C=O) groups is 2. The lowest BCUT2D eigenvalue weighted by atomic mass is 10.1. The first kappa shape index (κ1) is 18.4. The standard InChI is InChI=1S/C17H15ClN2O5/c1-11(12-6-8-13(18)9-7-12)19-16(21)10-25-17(22)14-4-2-3-5-15(14)20(23)24/h2-9,11H,10H2,1H3,(H,19,21)/t11-/m1/s1. The second kappa shape index (κ2) is 8.25. The molecule has 1 N–H and O–H groups in total. The van der Waals surface area contributed by atoms with Crippen molar-refractivity contribution in [1.29, 1.82) is 0 Å². The highest BCUT2D eigenvalue weighted by Gasteiger charge is 2.21. The molecule has 7 nitrogen and oxygen atoms in total. The van der Waals surface area contributed by atoms with Gasteiger partial charge in [0.05, 0.1) is 11.0 Å². The minimum atomic E-state index is -0.929. The van der Waals surface area contributed by atoms with Crippen LogP contribution in [-0.2, 0) is 9.53 Å². The molecule has 2 rings (SSSR count). The van der Waals surface area contributed by atoms with Gasteiger partial charge in [-0.3, -0.25) is 14.9 Å². The third-order valence-electron chi connectivity index (χ3n) is 3.40. The third-order valence-corrected chi connectivity index (χ3v) is 3.65. The molecular weight excluding hydrogens is 348 g/mol. The van der Waals surface area contributed by atoms with Crippen molar-refractivity contribution in [3.05, 3.63) is 74.8 Å². The van der Waals surface area contributed by atoms with Crippen LogP contribution in [0.3, 0.4) is 0 Å². The van der Waals surface area contributed by atoms with E-state index in [4.69, 9.17) is 16.3 Å². The predicted molar refractivity (Wildman–Crippen MR) is 91.4 cm³/mol. The summed E-state index contributed by atoms with van der Waals surface area (Å²) in [6.07, 6.45) is 0. The van der Waals surface area contributed by atoms with E-state index < -0.39 is 23.4 Å². The molecule has 1 atom stereocenters. The fourth-order valence-electron chi connectivity index (χ4n) is 2.13. The van der Waals surface area contributed by atoms with E-state index in [-0.39, 0.29) is 17.3 Å². The van der Waals surface area contributed by atoms with Crippen LogP contribution in [-0.4, -0.2) is 23.4 Å². The largest absolute Gasteiger partial charge is 0.452 e. The number of amides is 1. The average Bonchev–Trinajstić information content (AvgIpc) is 2.60. The van der Waals surface area contributed by atoms with Gasteiger partial charge >= 0.3 is 5.97 Å². The van der Waals surface area contributed by atoms with Gasteiger partial charge in [0.2, 0.25) is 0 Å². The number of rotatable bonds is 6. The fraction of sp³-hybridized carbons (Fsp3) is 0.176. The van der Waals surface area contributed by atoms with Crippen LogP contribution in [0.1, 0.15) is 28.9 Å². The zero-order valence-corrected chi connectivity index (χ0v) is 14.0. The van der Waals surface area contributed by atoms with Gasteiger partial charge in [-0.05, 0) is 30.7 Å². The molecule has 0 spiro atoms. The van der Waals surface area contributed by atoms with Crippen LogP contribution in [0.15, 0.2) is 48.5 Å². The first-order valence-corrected chi connectivity index (χ1v) is 7.71. The number of nitro groups is 1. The minimum Gasteiger partial charge on any atom is -0.452 e. The summed E-state index contributed by atoms with van der Waals surface area (Å²) in [4.78, 5) is 34.1. The second-order valence-corrected chi connectivity index (χ2v) is 5.63. The number of esters is 1. The molecule has 2 aromatic carbocycles. The molecule has 8 heteroatoms. The summed E-state index contributed by atoms with van der Waals surface area (Å²) < 4.78 is 4.86. The Hall–Kier alpha value is -2.93. The topological polar surface area (TPSA) is 98.5 Å². The van der Waals surface area contributed by atoms with E-state index in [0.29, 0.717) is 5.02 Å². The van der Waals surface area contributed by atoms with Crippen molar-refractivity contribution in [3.8, 4) is 0 Å². The maximum absolute atomic E-state index is 11.9. The van der Waals surface area contributed by atoms with Crippen LogP contribution in [0.5, 0.6) is 0 Å². The van der Waals surface area contributed by atoms with Gasteiger partial charge in [0.15, 0.2) is 6.61 Å². The summed E-state index contributed by atoms with van der Waals surface area (Å²) in [7, 11) is 0. The van der Waals surface area contributed by atoms with Crippen LogP contribution >= 0.6 is 11.6 Å². The lowest BCUT2D eigenvalue weighted by molar-refractivity contribution is -0.385. The van der Waals surface area contributed by atoms with Crippen molar-refractivity contribution < 1.29 is 19.2 Å². The minimum absolute atomic E-state index is 0.203. The number of ether oxygens (including phenoxy) is 1. The van der Waals surface area contributed by atoms with Crippen LogP contribution < -0.4 is 5.32 Å². The third kappa shape index (κ3) is 5.02. The van der Waals surface area contributed by atoms with Crippen LogP contribution in [0, 0.1) is 10.1 Å². The van der Waals surface area contributed by atoms with Crippen molar-refractivity contribution in [2.75, 3.05) is 6.61 Å². The van der Waals surface area contributed by atoms with E-state index in [1.807, 2.05) is 0 Å². The van der Waals surface area contributed by atoms with Crippen molar-refractivity contribution in [2.24, 2.45) is 0 Å². The maximum Gasteiger partial charge on any atom is 0.345 e. The van der Waals surface area contributed by atoms with E-state index in [0.717, 1.165) is 5.56 Å². The normalized spacial score (nSPS) is 11.4. The van der Waals surface area contributed by atoms with Crippen LogP contribution in [0.2, 0.25) is 5.02 Å². The first-order chi connectivity index (χ1) is 11.9. The number of hydrogen-bond donors (Lipinski definition) is 1. The summed E-state index contributed by atoms with van der Waals surface area (Å²) in [6.45, 7) is 1.23. The van der Waals surface area contributed by atoms with Crippen molar-refractivity contribution in [1.82, 2.24) is 5.32 Å². The fourth-order valence-corrected chi connectivity index (χ4v) is 2.26. The summed E-state index contributed by atoms with van der Waals surface area (Å²) in [6, 6.07) is 12.0. The molecule has 0 saturated heterocycles. The Morgan fingerprint density at radius 3 is 2.48 bits per heavy atom. The molecule has 130 valence electrons. The smallest absolute Gasteiger partial charge is 0.345 e. The zero-order chi connectivity index (χ0) is 18.4. The van der Waals surface area contributed by atoms with Gasteiger partial charge < -0.3 is 10.1 Å². The lowest BCUT2D eigenvalue weighted by Crippen LogP contribution is -2.31. The highest BCUT2D eigenvalue weighted by atomic mass is 35.5. The Bertz CT molecular complexity index is 792. The van der Waals surface area contributed by atoms with E-state index in [9.17, 15) is 19.7 Å². The molecule has 0 aliphatic carbocycles. The van der Waals surface area contributed by atoms with Gasteiger partial charge in [0, 0.05) is 11.1 Å². The molecule has 0 bridgehead atoms. The molecule has 0 aliphatic rings. The van der Waals surface area contributed by atoms with E-state index in [1.54, 1.807) is 31.2 Å². The Kier molecular flexibility index (Phi) is 6.08. The summed E-state index contributed by atoms with van der Waals surface area (Å²) in [5, 5.41) is 14.2. The monoisotopic (exact) mass is 362 g/mol. The van der Waals surface area contributed by atoms with Gasteiger partial charge in [0.25, 0.3) is 11.6 Å². The average molecular weight is 363 g/mol. The first-order valence-electron chi connectivity index (χ1n) is 7.34. The van der Waals surface area contributed by atoms with Crippen molar-refractivity contribution >= 4 is 29.2 Å². The molecule has 0 heterocycles. The summed E-state index contributed by atoms with van der Waals surface area (Å²) in [5.74, 6) is -1.45. The molecule has 25 heavy (non-hydrogen) atoms. The molecular formula is C17H15ClN2O5. The number of nitro benzene ring substituents is 1. The van der Waals surface area contributed by atoms with Crippen LogP contribution in [0.4, 0.5) is 5.69 Å². The molecule has 1 amide bonds. The molecule has 2 aromatic rings. The summed E-state index contributed by atoms with van der Waals surface area (Å²) >= 11 is 5.81. The Labute approximate surface area is 148 Å². The quantitative estimate of drug-likeness (QED) is 0.483. The van der Waals surface area contributed by atoms with Crippen LogP contribution in [0.25, 0.3) is 0 Å². The van der Waals surface area contributed by atoms with Gasteiger partial charge in [0.1, 0.15) is 5.56 Å². The summed E-state index contributed by atoms with van der Waals surface area (Å²) in [5.41, 5.74) is 0.260. The number of carbonyl (C=O) groups excluding carboxylic acids is 2. The highest BCUT2D eigenvalue weighted by molar-refractivity contribution is 6.30. The number of nitrogens with one attached hydrogen (secondary N) is 1. The Balaban J connectivity index is 1.92. The highest BCUT2D eigenvalue weighted by Crippen LogP contribution is 2.19. The number of halogens is 1. The molecule has 0 radical (unpaired) electrons. The molecule has 0 fully saturated rings. The van der Waals surface area contributed by atoms with Gasteiger partial charge in [-0.1, -0.05) is 35.9 Å². The Morgan fingerprint density at radius 2 is 1.84 bits per heavy atom. The number of hydrogen-bond acceptors (Lipinski definition) is 5. The molecule has 0 aromatic heterocycles. The Morgan fingerprint density at radius 1 is 1.20 bits per heavy atom. The number of nitrogens with zero attached hydrogens (tertiary/aromatic N) is 1. The van der Waals surface area contributed by atoms with Crippen molar-refractivity contribution in [2.45, 2.75) is 13.0 Å². The number of para-hydroxylation sites is 1. The van der Waals surface area contributed by atoms with E-state index in [1.165, 1.54) is 24.3 Å². The van der Waals surface area contributed by atoms with Gasteiger partial charge in [-0.2, -0.15) is 0 Å². The van der Waals surface area contributed by atoms with E-state index in [2.05, 4.69) is 5.32 Å². The van der Waals surface area contributed by atoms with Crippen molar-refractivity contribution in [3.63, 3.8) is 0 Å². The van der Waals surface area contributed by atoms with Gasteiger partial charge in [-0.15, -0.1) is 0 Å². The SMILES string of the molecule is C[C@@H](NC(=O)COC(=O)c1ccccc1[N+](=O)[O-])c1ccc(Cl)cc1. The van der Waals surface area contributed by atoms with E-state index >= 15 is 0 Å². The second-order valence-electron chi connectivity index (χ2n) is 5.19. The number of benzene rings is 2. The molecule has 0 unspecified atom stereocenters. The maximum atomic E-state index is 11.9. The lowest BCUT2D eigenvalue weighted by Gasteiger charge is -2.14. The zero-order valence-electron chi connectivity index (χ0n) is 13.3. The molecule has 0 saturated carbocycles.